The van der Waals surface area contributed by atoms with Crippen LogP contribution in [0.5, 0.6) is 0 Å². The third-order valence-corrected chi connectivity index (χ3v) is 2.23. The molecule has 0 radical (unpaired) electrons. The Kier molecular flexibility index (Phi) is 3.62. The second kappa shape index (κ2) is 4.57. The predicted molar refractivity (Wildman–Crippen MR) is 52.7 cm³/mol. The van der Waals surface area contributed by atoms with E-state index in [2.05, 4.69) is 5.32 Å². The summed E-state index contributed by atoms with van der Waals surface area (Å²) in [5, 5.41) is 2.34. The SMILES string of the molecule is CC(=O)Nc1ccccc1SC(F)(F)F. The maximum Gasteiger partial charge on any atom is 0.446 e. The Morgan fingerprint density at radius 3 is 2.47 bits per heavy atom. The zero-order valence-corrected chi connectivity index (χ0v) is 8.58. The van der Waals surface area contributed by atoms with Gasteiger partial charge in [0.2, 0.25) is 5.91 Å². The second-order valence-corrected chi connectivity index (χ2v) is 3.83. The van der Waals surface area contributed by atoms with Crippen molar-refractivity contribution in [1.82, 2.24) is 0 Å². The number of hydrogen-bond donors (Lipinski definition) is 1. The number of thioether (sulfide) groups is 1. The summed E-state index contributed by atoms with van der Waals surface area (Å²) in [7, 11) is 0. The van der Waals surface area contributed by atoms with E-state index in [1.165, 1.54) is 25.1 Å². The number of hydrogen-bond acceptors (Lipinski definition) is 2. The van der Waals surface area contributed by atoms with Crippen molar-refractivity contribution in [1.29, 1.82) is 0 Å². The topological polar surface area (TPSA) is 29.1 Å². The molecule has 0 aliphatic heterocycles. The van der Waals surface area contributed by atoms with Gasteiger partial charge in [0.05, 0.1) is 5.69 Å². The molecule has 0 aromatic heterocycles. The number of para-hydroxylation sites is 1. The first kappa shape index (κ1) is 11.9. The van der Waals surface area contributed by atoms with Crippen LogP contribution in [-0.4, -0.2) is 11.4 Å². The second-order valence-electron chi connectivity index (χ2n) is 2.73. The van der Waals surface area contributed by atoms with Gasteiger partial charge in [-0.15, -0.1) is 0 Å². The Balaban J connectivity index is 2.91. The molecule has 0 spiro atoms. The summed E-state index contributed by atoms with van der Waals surface area (Å²) in [5.74, 6) is -0.398. The fraction of sp³-hybridized carbons (Fsp3) is 0.222. The van der Waals surface area contributed by atoms with Gasteiger partial charge in [-0.2, -0.15) is 13.2 Å². The molecule has 0 aliphatic carbocycles. The average molecular weight is 235 g/mol. The van der Waals surface area contributed by atoms with Crippen molar-refractivity contribution < 1.29 is 18.0 Å². The number of halogens is 3. The molecule has 0 aliphatic rings. The summed E-state index contributed by atoms with van der Waals surface area (Å²) in [6, 6.07) is 5.78. The first-order chi connectivity index (χ1) is 6.88. The number of carbonyl (C=O) groups excluding carboxylic acids is 1. The van der Waals surface area contributed by atoms with Crippen LogP contribution < -0.4 is 5.32 Å². The molecule has 0 atom stereocenters. The molecule has 0 heterocycles. The van der Waals surface area contributed by atoms with E-state index in [1.807, 2.05) is 0 Å². The molecular formula is C9H8F3NOS. The summed E-state index contributed by atoms with van der Waals surface area (Å²) in [5.41, 5.74) is -4.18. The molecular weight excluding hydrogens is 227 g/mol. The zero-order valence-electron chi connectivity index (χ0n) is 7.76. The van der Waals surface area contributed by atoms with Crippen LogP contribution in [0.1, 0.15) is 6.92 Å². The summed E-state index contributed by atoms with van der Waals surface area (Å²) >= 11 is -0.245. The minimum absolute atomic E-state index is 0.0137. The lowest BCUT2D eigenvalue weighted by molar-refractivity contribution is -0.114. The first-order valence-electron chi connectivity index (χ1n) is 4.01. The van der Waals surface area contributed by atoms with E-state index in [9.17, 15) is 18.0 Å². The highest BCUT2D eigenvalue weighted by molar-refractivity contribution is 8.00. The van der Waals surface area contributed by atoms with E-state index in [0.717, 1.165) is 0 Å². The van der Waals surface area contributed by atoms with Crippen LogP contribution in [0.3, 0.4) is 0 Å². The molecule has 1 aromatic carbocycles. The van der Waals surface area contributed by atoms with Gasteiger partial charge in [-0.3, -0.25) is 4.79 Å². The summed E-state index contributed by atoms with van der Waals surface area (Å²) < 4.78 is 36.3. The zero-order chi connectivity index (χ0) is 11.5. The van der Waals surface area contributed by atoms with Gasteiger partial charge in [-0.1, -0.05) is 12.1 Å². The van der Waals surface area contributed by atoms with Crippen LogP contribution in [0.25, 0.3) is 0 Å². The van der Waals surface area contributed by atoms with Crippen LogP contribution >= 0.6 is 11.8 Å². The molecule has 0 saturated heterocycles. The maximum atomic E-state index is 12.1. The number of amides is 1. The highest BCUT2D eigenvalue weighted by Gasteiger charge is 2.30. The fourth-order valence-electron chi connectivity index (χ4n) is 0.973. The molecule has 1 amide bonds. The average Bonchev–Trinajstić information content (AvgIpc) is 2.05. The number of alkyl halides is 3. The minimum atomic E-state index is -4.35. The number of anilines is 1. The molecule has 0 bridgehead atoms. The van der Waals surface area contributed by atoms with Crippen molar-refractivity contribution in [2.45, 2.75) is 17.3 Å². The largest absolute Gasteiger partial charge is 0.446 e. The predicted octanol–water partition coefficient (Wildman–Crippen LogP) is 3.26. The molecule has 6 heteroatoms. The molecule has 15 heavy (non-hydrogen) atoms. The Morgan fingerprint density at radius 2 is 1.93 bits per heavy atom. The van der Waals surface area contributed by atoms with Crippen molar-refractivity contribution >= 4 is 23.4 Å². The highest BCUT2D eigenvalue weighted by atomic mass is 32.2. The van der Waals surface area contributed by atoms with E-state index < -0.39 is 11.4 Å². The third kappa shape index (κ3) is 4.24. The van der Waals surface area contributed by atoms with Gasteiger partial charge in [0.1, 0.15) is 0 Å². The maximum absolute atomic E-state index is 12.1. The van der Waals surface area contributed by atoms with E-state index in [1.54, 1.807) is 6.07 Å². The number of nitrogens with one attached hydrogen (secondary N) is 1. The Labute approximate surface area is 88.9 Å². The molecule has 1 N–H and O–H groups in total. The van der Waals surface area contributed by atoms with Crippen molar-refractivity contribution in [2.75, 3.05) is 5.32 Å². The van der Waals surface area contributed by atoms with Crippen LogP contribution in [0.2, 0.25) is 0 Å². The van der Waals surface area contributed by atoms with E-state index in [0.29, 0.717) is 0 Å². The molecule has 0 unspecified atom stereocenters. The molecule has 0 fully saturated rings. The summed E-state index contributed by atoms with van der Waals surface area (Å²) in [4.78, 5) is 10.7. The van der Waals surface area contributed by atoms with Crippen molar-refractivity contribution in [3.8, 4) is 0 Å². The molecule has 2 nitrogen and oxygen atoms in total. The van der Waals surface area contributed by atoms with Gasteiger partial charge in [0, 0.05) is 11.8 Å². The lowest BCUT2D eigenvalue weighted by Crippen LogP contribution is -2.08. The Bertz CT molecular complexity index is 365. The molecule has 0 saturated carbocycles. The quantitative estimate of drug-likeness (QED) is 0.797. The van der Waals surface area contributed by atoms with Crippen LogP contribution in [-0.2, 0) is 4.79 Å². The van der Waals surface area contributed by atoms with Crippen molar-refractivity contribution in [3.05, 3.63) is 24.3 Å². The lowest BCUT2D eigenvalue weighted by atomic mass is 10.3. The van der Waals surface area contributed by atoms with Crippen molar-refractivity contribution in [3.63, 3.8) is 0 Å². The van der Waals surface area contributed by atoms with Crippen LogP contribution in [0.4, 0.5) is 18.9 Å². The number of benzene rings is 1. The monoisotopic (exact) mass is 235 g/mol. The van der Waals surface area contributed by atoms with Gasteiger partial charge in [0.15, 0.2) is 0 Å². The van der Waals surface area contributed by atoms with Crippen LogP contribution in [0.15, 0.2) is 29.2 Å². The third-order valence-electron chi connectivity index (χ3n) is 1.42. The van der Waals surface area contributed by atoms with E-state index in [-0.39, 0.29) is 22.3 Å². The smallest absolute Gasteiger partial charge is 0.325 e. The molecule has 1 rings (SSSR count). The van der Waals surface area contributed by atoms with Gasteiger partial charge >= 0.3 is 5.51 Å². The lowest BCUT2D eigenvalue weighted by Gasteiger charge is -2.10. The minimum Gasteiger partial charge on any atom is -0.325 e. The Hall–Kier alpha value is -1.17. The molecule has 1 aromatic rings. The van der Waals surface area contributed by atoms with Gasteiger partial charge in [0.25, 0.3) is 0 Å². The Morgan fingerprint density at radius 1 is 1.33 bits per heavy atom. The standard InChI is InChI=1S/C9H8F3NOS/c1-6(14)13-7-4-2-3-5-8(7)15-9(10,11)12/h2-5H,1H3,(H,13,14). The summed E-state index contributed by atoms with van der Waals surface area (Å²) in [6.45, 7) is 1.25. The normalized spacial score (nSPS) is 11.2. The molecule has 82 valence electrons. The van der Waals surface area contributed by atoms with Crippen molar-refractivity contribution in [2.24, 2.45) is 0 Å². The number of carbonyl (C=O) groups is 1. The summed E-state index contributed by atoms with van der Waals surface area (Å²) in [6.07, 6.45) is 0. The van der Waals surface area contributed by atoms with E-state index >= 15 is 0 Å². The van der Waals surface area contributed by atoms with Gasteiger partial charge in [-0.25, -0.2) is 0 Å². The first-order valence-corrected chi connectivity index (χ1v) is 4.82. The van der Waals surface area contributed by atoms with Crippen LogP contribution in [0, 0.1) is 0 Å². The van der Waals surface area contributed by atoms with Gasteiger partial charge < -0.3 is 5.32 Å². The fourth-order valence-corrected chi connectivity index (χ4v) is 1.60. The highest BCUT2D eigenvalue weighted by Crippen LogP contribution is 2.40. The van der Waals surface area contributed by atoms with E-state index in [4.69, 9.17) is 0 Å². The van der Waals surface area contributed by atoms with Gasteiger partial charge in [-0.05, 0) is 23.9 Å². The number of rotatable bonds is 2.